The Morgan fingerprint density at radius 2 is 2.28 bits per heavy atom. The zero-order valence-electron chi connectivity index (χ0n) is 10.5. The molecule has 1 unspecified atom stereocenters. The number of fused-ring (bicyclic) bond motifs is 1. The third-order valence-corrected chi connectivity index (χ3v) is 3.86. The van der Waals surface area contributed by atoms with Crippen molar-refractivity contribution in [3.63, 3.8) is 0 Å². The first-order valence-corrected chi connectivity index (χ1v) is 6.79. The lowest BCUT2D eigenvalue weighted by Gasteiger charge is -2.24. The highest BCUT2D eigenvalue weighted by atomic mass is 35.5. The van der Waals surface area contributed by atoms with E-state index in [1.165, 1.54) is 16.5 Å². The topological polar surface area (TPSA) is 29.0 Å². The van der Waals surface area contributed by atoms with Crippen LogP contribution in [0.5, 0.6) is 0 Å². The lowest BCUT2D eigenvalue weighted by atomic mass is 10.0. The Morgan fingerprint density at radius 3 is 3.06 bits per heavy atom. The van der Waals surface area contributed by atoms with Crippen molar-refractivity contribution in [1.29, 1.82) is 0 Å². The summed E-state index contributed by atoms with van der Waals surface area (Å²) < 4.78 is 2.18. The number of hydrogen-bond acceptors (Lipinski definition) is 2. The molecule has 1 aromatic heterocycles. The molecule has 3 rings (SSSR count). The smallest absolute Gasteiger partial charge is 0.0481 e. The van der Waals surface area contributed by atoms with E-state index in [1.54, 1.807) is 0 Å². The number of hydrogen-bond donors (Lipinski definition) is 2. The number of nitrogens with zero attached hydrogens (tertiary/aromatic N) is 1. The molecule has 1 aliphatic rings. The predicted octanol–water partition coefficient (Wildman–Crippen LogP) is 1.94. The minimum atomic E-state index is 0.517. The van der Waals surface area contributed by atoms with Gasteiger partial charge < -0.3 is 15.2 Å². The monoisotopic (exact) mass is 263 g/mol. The van der Waals surface area contributed by atoms with Crippen LogP contribution in [0.4, 0.5) is 0 Å². The molecule has 3 nitrogen and oxygen atoms in total. The zero-order chi connectivity index (χ0) is 12.5. The maximum Gasteiger partial charge on any atom is 0.0481 e. The first kappa shape index (κ1) is 12.0. The van der Waals surface area contributed by atoms with Gasteiger partial charge in [-0.3, -0.25) is 0 Å². The van der Waals surface area contributed by atoms with Crippen LogP contribution >= 0.6 is 11.6 Å². The maximum atomic E-state index is 6.11. The van der Waals surface area contributed by atoms with Gasteiger partial charge in [0.2, 0.25) is 0 Å². The number of halogens is 1. The van der Waals surface area contributed by atoms with Crippen LogP contribution in [0.2, 0.25) is 5.02 Å². The van der Waals surface area contributed by atoms with E-state index in [0.29, 0.717) is 6.04 Å². The summed E-state index contributed by atoms with van der Waals surface area (Å²) in [5.74, 6) is 0. The molecule has 1 saturated heterocycles. The Labute approximate surface area is 112 Å². The number of piperazine rings is 1. The second-order valence-electron chi connectivity index (χ2n) is 4.99. The van der Waals surface area contributed by atoms with Crippen LogP contribution in [0.1, 0.15) is 5.56 Å². The van der Waals surface area contributed by atoms with Crippen LogP contribution in [0.15, 0.2) is 24.4 Å². The fraction of sp³-hybridized carbons (Fsp3) is 0.429. The molecule has 1 aromatic carbocycles. The summed E-state index contributed by atoms with van der Waals surface area (Å²) in [5.41, 5.74) is 2.62. The Morgan fingerprint density at radius 1 is 1.39 bits per heavy atom. The number of aryl methyl sites for hydroxylation is 1. The summed E-state index contributed by atoms with van der Waals surface area (Å²) >= 11 is 6.11. The average Bonchev–Trinajstić information content (AvgIpc) is 2.67. The predicted molar refractivity (Wildman–Crippen MR) is 76.3 cm³/mol. The molecule has 1 fully saturated rings. The molecular weight excluding hydrogens is 246 g/mol. The Bertz CT molecular complexity index is 555. The summed E-state index contributed by atoms with van der Waals surface area (Å²) in [6.45, 7) is 3.16. The molecule has 1 aliphatic heterocycles. The third-order valence-electron chi connectivity index (χ3n) is 3.63. The second-order valence-corrected chi connectivity index (χ2v) is 5.42. The van der Waals surface area contributed by atoms with Gasteiger partial charge in [0, 0.05) is 54.8 Å². The quantitative estimate of drug-likeness (QED) is 0.867. The van der Waals surface area contributed by atoms with E-state index in [4.69, 9.17) is 11.6 Å². The van der Waals surface area contributed by atoms with E-state index < -0.39 is 0 Å². The lowest BCUT2D eigenvalue weighted by Crippen LogP contribution is -2.49. The van der Waals surface area contributed by atoms with Crippen LogP contribution in [0, 0.1) is 0 Å². The molecule has 2 aromatic rings. The van der Waals surface area contributed by atoms with Crippen LogP contribution < -0.4 is 10.6 Å². The summed E-state index contributed by atoms with van der Waals surface area (Å²) in [6.07, 6.45) is 3.27. The van der Waals surface area contributed by atoms with Crippen LogP contribution in [-0.2, 0) is 13.5 Å². The molecule has 96 valence electrons. The highest BCUT2D eigenvalue weighted by Crippen LogP contribution is 2.25. The highest BCUT2D eigenvalue weighted by molar-refractivity contribution is 6.31. The number of aromatic nitrogens is 1. The average molecular weight is 264 g/mol. The summed E-state index contributed by atoms with van der Waals surface area (Å²) in [5, 5.41) is 9.06. The molecule has 0 aliphatic carbocycles. The van der Waals surface area contributed by atoms with Crippen molar-refractivity contribution in [2.75, 3.05) is 19.6 Å². The van der Waals surface area contributed by atoms with Gasteiger partial charge in [-0.2, -0.15) is 0 Å². The van der Waals surface area contributed by atoms with Gasteiger partial charge in [0.1, 0.15) is 0 Å². The van der Waals surface area contributed by atoms with E-state index >= 15 is 0 Å². The van der Waals surface area contributed by atoms with Gasteiger partial charge in [-0.05, 0) is 30.2 Å². The van der Waals surface area contributed by atoms with Gasteiger partial charge in [0.25, 0.3) is 0 Å². The molecule has 0 radical (unpaired) electrons. The van der Waals surface area contributed by atoms with Crippen molar-refractivity contribution in [2.45, 2.75) is 12.5 Å². The summed E-state index contributed by atoms with van der Waals surface area (Å²) in [4.78, 5) is 0. The first-order chi connectivity index (χ1) is 8.74. The lowest BCUT2D eigenvalue weighted by molar-refractivity contribution is 0.417. The van der Waals surface area contributed by atoms with Crippen molar-refractivity contribution in [1.82, 2.24) is 15.2 Å². The largest absolute Gasteiger partial charge is 0.350 e. The van der Waals surface area contributed by atoms with Gasteiger partial charge in [0.05, 0.1) is 0 Å². The fourth-order valence-electron chi connectivity index (χ4n) is 2.73. The third kappa shape index (κ3) is 2.26. The minimum Gasteiger partial charge on any atom is -0.350 e. The minimum absolute atomic E-state index is 0.517. The number of rotatable bonds is 2. The molecule has 0 amide bonds. The van der Waals surface area contributed by atoms with Crippen LogP contribution in [0.25, 0.3) is 10.9 Å². The fourth-order valence-corrected chi connectivity index (χ4v) is 2.90. The van der Waals surface area contributed by atoms with E-state index in [0.717, 1.165) is 31.1 Å². The van der Waals surface area contributed by atoms with E-state index in [1.807, 2.05) is 6.07 Å². The second kappa shape index (κ2) is 4.92. The first-order valence-electron chi connectivity index (χ1n) is 6.41. The Kier molecular flexibility index (Phi) is 3.29. The Hall–Kier alpha value is -1.03. The molecule has 18 heavy (non-hydrogen) atoms. The standard InChI is InChI=1S/C14H18ClN3/c1-18-9-10(6-12-8-16-4-5-17-12)13-7-11(15)2-3-14(13)18/h2-3,7,9,12,16-17H,4-6,8H2,1H3. The van der Waals surface area contributed by atoms with E-state index in [9.17, 15) is 0 Å². The van der Waals surface area contributed by atoms with Crippen LogP contribution in [-0.4, -0.2) is 30.2 Å². The molecule has 1 atom stereocenters. The molecular formula is C14H18ClN3. The molecule has 2 heterocycles. The van der Waals surface area contributed by atoms with E-state index in [2.05, 4.69) is 40.6 Å². The molecule has 0 spiro atoms. The van der Waals surface area contributed by atoms with Gasteiger partial charge >= 0.3 is 0 Å². The maximum absolute atomic E-state index is 6.11. The van der Waals surface area contributed by atoms with Gasteiger partial charge in [-0.25, -0.2) is 0 Å². The van der Waals surface area contributed by atoms with E-state index in [-0.39, 0.29) is 0 Å². The van der Waals surface area contributed by atoms with Crippen molar-refractivity contribution < 1.29 is 0 Å². The van der Waals surface area contributed by atoms with Gasteiger partial charge in [0.15, 0.2) is 0 Å². The summed E-state index contributed by atoms with van der Waals surface area (Å²) in [7, 11) is 2.09. The molecule has 0 saturated carbocycles. The number of nitrogens with one attached hydrogen (secondary N) is 2. The zero-order valence-corrected chi connectivity index (χ0v) is 11.3. The van der Waals surface area contributed by atoms with Crippen molar-refractivity contribution >= 4 is 22.5 Å². The Balaban J connectivity index is 1.93. The highest BCUT2D eigenvalue weighted by Gasteiger charge is 2.15. The van der Waals surface area contributed by atoms with Crippen molar-refractivity contribution in [2.24, 2.45) is 7.05 Å². The summed E-state index contributed by atoms with van der Waals surface area (Å²) in [6, 6.07) is 6.63. The van der Waals surface area contributed by atoms with Crippen LogP contribution in [0.3, 0.4) is 0 Å². The van der Waals surface area contributed by atoms with Crippen molar-refractivity contribution in [3.05, 3.63) is 35.0 Å². The van der Waals surface area contributed by atoms with Crippen molar-refractivity contribution in [3.8, 4) is 0 Å². The van der Waals surface area contributed by atoms with Gasteiger partial charge in [-0.1, -0.05) is 11.6 Å². The van der Waals surface area contributed by atoms with Gasteiger partial charge in [-0.15, -0.1) is 0 Å². The number of benzene rings is 1. The molecule has 4 heteroatoms. The normalized spacial score (nSPS) is 20.4. The SMILES string of the molecule is Cn1cc(CC2CNCCN2)c2cc(Cl)ccc21. The molecule has 2 N–H and O–H groups in total. The molecule has 0 bridgehead atoms.